The number of ether oxygens (including phenoxy) is 2. The van der Waals surface area contributed by atoms with Crippen LogP contribution in [0.15, 0.2) is 24.3 Å². The molecule has 3 rings (SSSR count). The number of hydrogen-bond donors (Lipinski definition) is 2. The van der Waals surface area contributed by atoms with E-state index < -0.39 is 17.8 Å². The highest BCUT2D eigenvalue weighted by Crippen LogP contribution is 2.36. The molecule has 0 unspecified atom stereocenters. The van der Waals surface area contributed by atoms with Crippen LogP contribution >= 0.6 is 0 Å². The number of rotatable bonds is 3. The first-order valence-corrected chi connectivity index (χ1v) is 7.99. The molecular weight excluding hydrogens is 282 g/mol. The first-order valence-electron chi connectivity index (χ1n) is 7.99. The lowest BCUT2D eigenvalue weighted by molar-refractivity contribution is -0.214. The van der Waals surface area contributed by atoms with E-state index in [1.807, 2.05) is 18.2 Å². The third kappa shape index (κ3) is 2.99. The van der Waals surface area contributed by atoms with Crippen LogP contribution in [0.25, 0.3) is 0 Å². The van der Waals surface area contributed by atoms with Crippen molar-refractivity contribution in [1.29, 1.82) is 0 Å². The number of aliphatic hydroxyl groups excluding tert-OH is 2. The Bertz CT molecular complexity index is 499. The largest absolute Gasteiger partial charge is 0.496 e. The van der Waals surface area contributed by atoms with Crippen LogP contribution in [0.3, 0.4) is 0 Å². The summed E-state index contributed by atoms with van der Waals surface area (Å²) in [5.41, 5.74) is 0.612. The number of methoxy groups -OCH3 is 1. The molecule has 22 heavy (non-hydrogen) atoms. The topological polar surface area (TPSA) is 62.2 Å². The summed E-state index contributed by atoms with van der Waals surface area (Å²) in [6.07, 6.45) is 0.596. The molecule has 2 saturated heterocycles. The maximum atomic E-state index is 10.3. The average Bonchev–Trinajstić information content (AvgIpc) is 2.55. The van der Waals surface area contributed by atoms with E-state index in [0.717, 1.165) is 38.2 Å². The number of nitrogens with zero attached hydrogens (tertiary/aromatic N) is 1. The lowest BCUT2D eigenvalue weighted by atomic mass is 9.80. The predicted molar refractivity (Wildman–Crippen MR) is 82.8 cm³/mol. The molecule has 0 bridgehead atoms. The van der Waals surface area contributed by atoms with E-state index in [1.54, 1.807) is 7.11 Å². The van der Waals surface area contributed by atoms with Gasteiger partial charge in [-0.2, -0.15) is 0 Å². The van der Waals surface area contributed by atoms with Crippen molar-refractivity contribution < 1.29 is 19.7 Å². The van der Waals surface area contributed by atoms with E-state index in [1.165, 1.54) is 5.56 Å². The van der Waals surface area contributed by atoms with Crippen LogP contribution in [0.1, 0.15) is 24.8 Å². The van der Waals surface area contributed by atoms with Crippen LogP contribution in [0.4, 0.5) is 0 Å². The molecule has 0 radical (unpaired) electrons. The summed E-state index contributed by atoms with van der Waals surface area (Å²) in [6.45, 7) is 3.06. The standard InChI is InChI=1S/C17H25NO4/c1-21-15-5-3-2-4-13(15)12-18-9-7-17(8-10-18)16(20)14(19)6-11-22-17/h2-5,14,16,19-20H,6-12H2,1H3/t14-,16-/m0/s1. The van der Waals surface area contributed by atoms with Gasteiger partial charge in [-0.15, -0.1) is 0 Å². The van der Waals surface area contributed by atoms with Crippen LogP contribution < -0.4 is 4.74 Å². The average molecular weight is 307 g/mol. The van der Waals surface area contributed by atoms with Gasteiger partial charge in [0.1, 0.15) is 11.9 Å². The molecule has 0 aliphatic carbocycles. The van der Waals surface area contributed by atoms with Crippen molar-refractivity contribution in [3.8, 4) is 5.75 Å². The van der Waals surface area contributed by atoms with Crippen molar-refractivity contribution in [2.45, 2.75) is 43.6 Å². The fraction of sp³-hybridized carbons (Fsp3) is 0.647. The number of aliphatic hydroxyl groups is 2. The third-order valence-electron chi connectivity index (χ3n) is 5.00. The van der Waals surface area contributed by atoms with Crippen LogP contribution in [0, 0.1) is 0 Å². The summed E-state index contributed by atoms with van der Waals surface area (Å²) in [6, 6.07) is 8.05. The monoisotopic (exact) mass is 307 g/mol. The zero-order chi connectivity index (χ0) is 15.6. The first kappa shape index (κ1) is 15.7. The van der Waals surface area contributed by atoms with Gasteiger partial charge in [0.15, 0.2) is 0 Å². The number of likely N-dealkylation sites (tertiary alicyclic amines) is 1. The minimum atomic E-state index is -0.769. The number of piperidine rings is 1. The zero-order valence-corrected chi connectivity index (χ0v) is 13.1. The SMILES string of the molecule is COc1ccccc1CN1CCC2(CC1)OCC[C@H](O)[C@@H]2O. The van der Waals surface area contributed by atoms with Gasteiger partial charge < -0.3 is 19.7 Å². The second-order valence-electron chi connectivity index (χ2n) is 6.30. The van der Waals surface area contributed by atoms with Gasteiger partial charge in [0, 0.05) is 25.2 Å². The van der Waals surface area contributed by atoms with Gasteiger partial charge in [-0.3, -0.25) is 4.90 Å². The Morgan fingerprint density at radius 1 is 1.27 bits per heavy atom. The van der Waals surface area contributed by atoms with Crippen LogP contribution in [-0.4, -0.2) is 59.7 Å². The summed E-state index contributed by atoms with van der Waals surface area (Å²) in [7, 11) is 1.69. The Labute approximate surface area is 131 Å². The van der Waals surface area contributed by atoms with Gasteiger partial charge in [0.05, 0.1) is 25.4 Å². The van der Waals surface area contributed by atoms with E-state index in [-0.39, 0.29) is 0 Å². The molecule has 5 heteroatoms. The van der Waals surface area contributed by atoms with Crippen LogP contribution in [0.5, 0.6) is 5.75 Å². The van der Waals surface area contributed by atoms with Crippen molar-refractivity contribution in [1.82, 2.24) is 4.90 Å². The smallest absolute Gasteiger partial charge is 0.123 e. The molecule has 1 aromatic rings. The highest BCUT2D eigenvalue weighted by atomic mass is 16.5. The molecule has 2 atom stereocenters. The molecule has 0 saturated carbocycles. The third-order valence-corrected chi connectivity index (χ3v) is 5.00. The maximum absolute atomic E-state index is 10.3. The molecule has 5 nitrogen and oxygen atoms in total. The maximum Gasteiger partial charge on any atom is 0.123 e. The normalized spacial score (nSPS) is 28.7. The number of benzene rings is 1. The van der Waals surface area contributed by atoms with Gasteiger partial charge in [-0.1, -0.05) is 18.2 Å². The fourth-order valence-electron chi connectivity index (χ4n) is 3.58. The molecule has 0 aromatic heterocycles. The van der Waals surface area contributed by atoms with E-state index in [2.05, 4.69) is 11.0 Å². The Morgan fingerprint density at radius 2 is 2.00 bits per heavy atom. The highest BCUT2D eigenvalue weighted by molar-refractivity contribution is 5.33. The molecule has 2 fully saturated rings. The summed E-state index contributed by atoms with van der Waals surface area (Å²) in [5.74, 6) is 0.909. The second kappa shape index (κ2) is 6.54. The highest BCUT2D eigenvalue weighted by Gasteiger charge is 2.47. The predicted octanol–water partition coefficient (Wildman–Crippen LogP) is 1.17. The van der Waals surface area contributed by atoms with E-state index >= 15 is 0 Å². The van der Waals surface area contributed by atoms with Gasteiger partial charge in [-0.25, -0.2) is 0 Å². The van der Waals surface area contributed by atoms with Gasteiger partial charge in [0.25, 0.3) is 0 Å². The second-order valence-corrected chi connectivity index (χ2v) is 6.30. The zero-order valence-electron chi connectivity index (χ0n) is 13.1. The van der Waals surface area contributed by atoms with E-state index in [4.69, 9.17) is 9.47 Å². The summed E-state index contributed by atoms with van der Waals surface area (Å²) < 4.78 is 11.3. The summed E-state index contributed by atoms with van der Waals surface area (Å²) >= 11 is 0. The van der Waals surface area contributed by atoms with Crippen molar-refractivity contribution >= 4 is 0 Å². The molecular formula is C17H25NO4. The lowest BCUT2D eigenvalue weighted by Gasteiger charge is -2.48. The lowest BCUT2D eigenvalue weighted by Crippen LogP contribution is -2.59. The van der Waals surface area contributed by atoms with Crippen molar-refractivity contribution in [3.63, 3.8) is 0 Å². The van der Waals surface area contributed by atoms with Crippen molar-refractivity contribution in [2.24, 2.45) is 0 Å². The molecule has 122 valence electrons. The Morgan fingerprint density at radius 3 is 2.73 bits per heavy atom. The van der Waals surface area contributed by atoms with Crippen LogP contribution in [0.2, 0.25) is 0 Å². The molecule has 2 heterocycles. The number of hydrogen-bond acceptors (Lipinski definition) is 5. The molecule has 1 aromatic carbocycles. The molecule has 1 spiro atoms. The van der Waals surface area contributed by atoms with Crippen LogP contribution in [-0.2, 0) is 11.3 Å². The molecule has 2 N–H and O–H groups in total. The van der Waals surface area contributed by atoms with E-state index in [9.17, 15) is 10.2 Å². The molecule has 2 aliphatic rings. The quantitative estimate of drug-likeness (QED) is 0.878. The Kier molecular flexibility index (Phi) is 4.68. The Balaban J connectivity index is 1.62. The molecule has 2 aliphatic heterocycles. The van der Waals surface area contributed by atoms with Gasteiger partial charge in [0.2, 0.25) is 0 Å². The van der Waals surface area contributed by atoms with Crippen molar-refractivity contribution in [2.75, 3.05) is 26.8 Å². The fourth-order valence-corrected chi connectivity index (χ4v) is 3.58. The van der Waals surface area contributed by atoms with Gasteiger partial charge >= 0.3 is 0 Å². The van der Waals surface area contributed by atoms with E-state index in [0.29, 0.717) is 13.0 Å². The first-order chi connectivity index (χ1) is 10.6. The Hall–Kier alpha value is -1.14. The number of para-hydroxylation sites is 1. The summed E-state index contributed by atoms with van der Waals surface area (Å²) in [4.78, 5) is 2.35. The van der Waals surface area contributed by atoms with Gasteiger partial charge in [-0.05, 0) is 25.3 Å². The van der Waals surface area contributed by atoms with Crippen molar-refractivity contribution in [3.05, 3.63) is 29.8 Å². The minimum absolute atomic E-state index is 0.522. The molecule has 0 amide bonds. The summed E-state index contributed by atoms with van der Waals surface area (Å²) in [5, 5.41) is 20.2. The minimum Gasteiger partial charge on any atom is -0.496 e.